The van der Waals surface area contributed by atoms with Crippen LogP contribution < -0.4 is 10.5 Å². The molecule has 0 unspecified atom stereocenters. The lowest BCUT2D eigenvalue weighted by Gasteiger charge is -2.26. The summed E-state index contributed by atoms with van der Waals surface area (Å²) in [5, 5.41) is 0. The van der Waals surface area contributed by atoms with Gasteiger partial charge in [0.25, 0.3) is 11.5 Å². The summed E-state index contributed by atoms with van der Waals surface area (Å²) in [5.41, 5.74) is 2.11. The molecule has 5 rings (SSSR count). The lowest BCUT2D eigenvalue weighted by molar-refractivity contribution is 0.0772. The first-order chi connectivity index (χ1) is 15.3. The van der Waals surface area contributed by atoms with Gasteiger partial charge >= 0.3 is 0 Å². The Morgan fingerprint density at radius 3 is 2.50 bits per heavy atom. The van der Waals surface area contributed by atoms with E-state index in [1.165, 1.54) is 22.9 Å². The molecule has 1 amide bonds. The van der Waals surface area contributed by atoms with Gasteiger partial charge in [0.1, 0.15) is 0 Å². The Balaban J connectivity index is 1.34. The summed E-state index contributed by atoms with van der Waals surface area (Å²) in [5.74, 6) is 0.675. The number of carbonyl (C=O) groups is 1. The molecule has 32 heavy (non-hydrogen) atoms. The quantitative estimate of drug-likeness (QED) is 0.632. The van der Waals surface area contributed by atoms with Gasteiger partial charge < -0.3 is 9.80 Å². The molecule has 1 aliphatic carbocycles. The molecule has 0 bridgehead atoms. The minimum absolute atomic E-state index is 0.0549. The van der Waals surface area contributed by atoms with Gasteiger partial charge in [0, 0.05) is 68.5 Å². The van der Waals surface area contributed by atoms with E-state index in [4.69, 9.17) is 0 Å². The van der Waals surface area contributed by atoms with Crippen molar-refractivity contribution in [3.8, 4) is 11.3 Å². The van der Waals surface area contributed by atoms with Crippen LogP contribution in [0.25, 0.3) is 11.3 Å². The van der Waals surface area contributed by atoms with Gasteiger partial charge in [-0.1, -0.05) is 17.7 Å². The molecule has 164 valence electrons. The number of amides is 1. The fourth-order valence-corrected chi connectivity index (χ4v) is 4.81. The van der Waals surface area contributed by atoms with Crippen LogP contribution >= 0.6 is 0 Å². The SMILES string of the molecule is Cc1ccc(C(=O)N2C[C@@H]3[C@H](C2)[C@H]3N(C)c2nc(-c3ccncc3F)cc(=O)n2C)cc1. The largest absolute Gasteiger partial charge is 0.342 e. The van der Waals surface area contributed by atoms with Crippen LogP contribution in [0.1, 0.15) is 15.9 Å². The molecule has 1 aliphatic heterocycles. The second-order valence-corrected chi connectivity index (χ2v) is 8.70. The molecule has 2 fully saturated rings. The Kier molecular flexibility index (Phi) is 4.80. The summed E-state index contributed by atoms with van der Waals surface area (Å²) in [6, 6.07) is 10.7. The van der Waals surface area contributed by atoms with Gasteiger partial charge in [0.05, 0.1) is 11.9 Å². The van der Waals surface area contributed by atoms with Gasteiger partial charge in [-0.25, -0.2) is 9.37 Å². The van der Waals surface area contributed by atoms with Gasteiger partial charge in [-0.15, -0.1) is 0 Å². The van der Waals surface area contributed by atoms with Gasteiger partial charge in [0.2, 0.25) is 5.95 Å². The number of benzene rings is 1. The third kappa shape index (κ3) is 3.36. The summed E-state index contributed by atoms with van der Waals surface area (Å²) in [7, 11) is 3.57. The number of anilines is 1. The monoisotopic (exact) mass is 433 g/mol. The molecule has 0 spiro atoms. The Hall–Kier alpha value is -3.55. The van der Waals surface area contributed by atoms with E-state index in [-0.39, 0.29) is 28.8 Å². The Bertz CT molecular complexity index is 1240. The molecule has 1 saturated heterocycles. The number of pyridine rings is 1. The van der Waals surface area contributed by atoms with E-state index in [9.17, 15) is 14.0 Å². The Morgan fingerprint density at radius 1 is 1.16 bits per heavy atom. The third-order valence-corrected chi connectivity index (χ3v) is 6.66. The summed E-state index contributed by atoms with van der Waals surface area (Å²) in [6.45, 7) is 3.36. The van der Waals surface area contributed by atoms with Crippen LogP contribution in [-0.4, -0.2) is 51.5 Å². The Morgan fingerprint density at radius 2 is 1.84 bits per heavy atom. The highest BCUT2D eigenvalue weighted by Crippen LogP contribution is 2.49. The van der Waals surface area contributed by atoms with Crippen LogP contribution in [0.3, 0.4) is 0 Å². The van der Waals surface area contributed by atoms with E-state index in [1.807, 2.05) is 48.0 Å². The Labute approximate surface area is 185 Å². The standard InChI is InChI=1S/C24H24FN5O2/c1-14-4-6-15(7-5-14)23(32)30-12-17-18(13-30)22(17)29(3)24-27-20(10-21(31)28(24)2)16-8-9-26-11-19(16)25/h4-11,17-18,22H,12-13H2,1-3H3/t17-,18+,22+. The molecule has 8 heteroatoms. The van der Waals surface area contributed by atoms with Crippen molar-refractivity contribution in [1.29, 1.82) is 0 Å². The maximum Gasteiger partial charge on any atom is 0.255 e. The average Bonchev–Trinajstić information content (AvgIpc) is 3.28. The number of likely N-dealkylation sites (tertiary alicyclic amines) is 1. The number of hydrogen-bond acceptors (Lipinski definition) is 5. The lowest BCUT2D eigenvalue weighted by Crippen LogP contribution is -2.38. The number of fused-ring (bicyclic) bond motifs is 1. The number of hydrogen-bond donors (Lipinski definition) is 0. The third-order valence-electron chi connectivity index (χ3n) is 6.66. The molecule has 2 aromatic heterocycles. The highest BCUT2D eigenvalue weighted by atomic mass is 19.1. The van der Waals surface area contributed by atoms with E-state index >= 15 is 0 Å². The molecule has 1 saturated carbocycles. The van der Waals surface area contributed by atoms with E-state index in [0.717, 1.165) is 11.8 Å². The van der Waals surface area contributed by atoms with Crippen molar-refractivity contribution in [1.82, 2.24) is 19.4 Å². The zero-order valence-electron chi connectivity index (χ0n) is 18.2. The van der Waals surface area contributed by atoms with Gasteiger partial charge in [-0.3, -0.25) is 19.1 Å². The summed E-state index contributed by atoms with van der Waals surface area (Å²) >= 11 is 0. The molecular weight excluding hydrogens is 409 g/mol. The fraction of sp³-hybridized carbons (Fsp3) is 0.333. The van der Waals surface area contributed by atoms with Gasteiger partial charge in [-0.05, 0) is 25.1 Å². The van der Waals surface area contributed by atoms with Crippen molar-refractivity contribution in [3.63, 3.8) is 0 Å². The summed E-state index contributed by atoms with van der Waals surface area (Å²) in [4.78, 5) is 37.6. The maximum atomic E-state index is 14.2. The van der Waals surface area contributed by atoms with Crippen molar-refractivity contribution >= 4 is 11.9 Å². The zero-order valence-corrected chi connectivity index (χ0v) is 18.2. The van der Waals surface area contributed by atoms with Crippen molar-refractivity contribution < 1.29 is 9.18 Å². The van der Waals surface area contributed by atoms with Crippen LogP contribution in [0, 0.1) is 24.6 Å². The summed E-state index contributed by atoms with van der Waals surface area (Å²) < 4.78 is 15.7. The van der Waals surface area contributed by atoms with Crippen LogP contribution in [-0.2, 0) is 7.05 Å². The topological polar surface area (TPSA) is 71.3 Å². The number of aromatic nitrogens is 3. The number of halogens is 1. The number of nitrogens with zero attached hydrogens (tertiary/aromatic N) is 5. The smallest absolute Gasteiger partial charge is 0.255 e. The van der Waals surface area contributed by atoms with E-state index in [2.05, 4.69) is 9.97 Å². The highest BCUT2D eigenvalue weighted by Gasteiger charge is 2.59. The first-order valence-corrected chi connectivity index (χ1v) is 10.6. The number of aryl methyl sites for hydroxylation is 1. The van der Waals surface area contributed by atoms with Crippen molar-refractivity contribution in [3.05, 3.63) is 76.1 Å². The lowest BCUT2D eigenvalue weighted by atomic mass is 10.1. The van der Waals surface area contributed by atoms with Crippen LogP contribution in [0.5, 0.6) is 0 Å². The molecule has 0 N–H and O–H groups in total. The molecule has 3 aromatic rings. The van der Waals surface area contributed by atoms with Crippen molar-refractivity contribution in [2.45, 2.75) is 13.0 Å². The number of rotatable bonds is 4. The fourth-order valence-electron chi connectivity index (χ4n) is 4.81. The minimum Gasteiger partial charge on any atom is -0.342 e. The molecule has 3 heterocycles. The number of carbonyl (C=O) groups excluding carboxylic acids is 1. The first-order valence-electron chi connectivity index (χ1n) is 10.6. The normalized spacial score (nSPS) is 21.4. The van der Waals surface area contributed by atoms with E-state index in [1.54, 1.807) is 7.05 Å². The first kappa shape index (κ1) is 20.4. The molecule has 0 radical (unpaired) electrons. The van der Waals surface area contributed by atoms with Crippen LogP contribution in [0.4, 0.5) is 10.3 Å². The molecule has 7 nitrogen and oxygen atoms in total. The molecule has 1 aromatic carbocycles. The van der Waals surface area contributed by atoms with E-state index < -0.39 is 5.82 Å². The van der Waals surface area contributed by atoms with Crippen molar-refractivity contribution in [2.75, 3.05) is 25.0 Å². The van der Waals surface area contributed by atoms with Gasteiger partial charge in [-0.2, -0.15) is 0 Å². The second-order valence-electron chi connectivity index (χ2n) is 8.70. The maximum absolute atomic E-state index is 14.2. The number of piperidine rings is 1. The zero-order chi connectivity index (χ0) is 22.6. The predicted molar refractivity (Wildman–Crippen MR) is 119 cm³/mol. The van der Waals surface area contributed by atoms with E-state index in [0.29, 0.717) is 36.4 Å². The molecule has 2 aliphatic rings. The van der Waals surface area contributed by atoms with Gasteiger partial charge in [0.15, 0.2) is 5.82 Å². The summed E-state index contributed by atoms with van der Waals surface area (Å²) in [6.07, 6.45) is 2.59. The minimum atomic E-state index is -0.518. The van der Waals surface area contributed by atoms with Crippen molar-refractivity contribution in [2.24, 2.45) is 18.9 Å². The highest BCUT2D eigenvalue weighted by molar-refractivity contribution is 5.94. The molecule has 3 atom stereocenters. The second kappa shape index (κ2) is 7.55. The molecular formula is C24H24FN5O2. The van der Waals surface area contributed by atoms with Crippen LogP contribution in [0.2, 0.25) is 0 Å². The predicted octanol–water partition coefficient (Wildman–Crippen LogP) is 2.50. The average molecular weight is 433 g/mol. The van der Waals surface area contributed by atoms with Crippen LogP contribution in [0.15, 0.2) is 53.6 Å².